The number of esters is 2. The van der Waals surface area contributed by atoms with Gasteiger partial charge in [0.2, 0.25) is 0 Å². The van der Waals surface area contributed by atoms with Crippen LogP contribution >= 0.6 is 0 Å². The van der Waals surface area contributed by atoms with Gasteiger partial charge in [0.1, 0.15) is 17.1 Å². The lowest BCUT2D eigenvalue weighted by atomic mass is 10.1. The first-order valence-electron chi connectivity index (χ1n) is 5.82. The van der Waals surface area contributed by atoms with Crippen molar-refractivity contribution in [2.45, 2.75) is 19.4 Å². The van der Waals surface area contributed by atoms with E-state index in [1.165, 1.54) is 13.0 Å². The van der Waals surface area contributed by atoms with Crippen LogP contribution in [0.25, 0.3) is 0 Å². The van der Waals surface area contributed by atoms with Gasteiger partial charge >= 0.3 is 11.9 Å². The number of methoxy groups -OCH3 is 1. The van der Waals surface area contributed by atoms with E-state index < -0.39 is 23.8 Å². The van der Waals surface area contributed by atoms with Gasteiger partial charge in [-0.15, -0.1) is 0 Å². The van der Waals surface area contributed by atoms with E-state index in [0.29, 0.717) is 5.56 Å². The van der Waals surface area contributed by atoms with E-state index in [1.54, 1.807) is 0 Å². The Labute approximate surface area is 115 Å². The van der Waals surface area contributed by atoms with Gasteiger partial charge < -0.3 is 24.8 Å². The molecule has 0 amide bonds. The average molecular weight is 284 g/mol. The van der Waals surface area contributed by atoms with Crippen molar-refractivity contribution in [1.29, 1.82) is 0 Å². The van der Waals surface area contributed by atoms with Gasteiger partial charge in [-0.25, -0.2) is 9.59 Å². The summed E-state index contributed by atoms with van der Waals surface area (Å²) in [6.07, 6.45) is -1.49. The molecule has 1 aromatic rings. The van der Waals surface area contributed by atoms with E-state index in [0.717, 1.165) is 13.2 Å². The molecule has 110 valence electrons. The van der Waals surface area contributed by atoms with E-state index in [1.807, 2.05) is 0 Å². The topological polar surface area (TPSA) is 113 Å². The number of aromatic hydroxyl groups is 2. The van der Waals surface area contributed by atoms with Gasteiger partial charge in [0.25, 0.3) is 0 Å². The Hall–Kier alpha value is -2.28. The number of carbonyl (C=O) groups excluding carboxylic acids is 2. The highest BCUT2D eigenvalue weighted by Crippen LogP contribution is 2.27. The van der Waals surface area contributed by atoms with Gasteiger partial charge in [0.15, 0.2) is 6.10 Å². The van der Waals surface area contributed by atoms with Crippen LogP contribution in [-0.2, 0) is 14.3 Å². The number of aliphatic hydroxyl groups excluding tert-OH is 1. The molecule has 0 saturated heterocycles. The molecule has 1 aromatic carbocycles. The molecule has 1 atom stereocenters. The van der Waals surface area contributed by atoms with E-state index in [9.17, 15) is 24.9 Å². The smallest absolute Gasteiger partial charge is 0.342 e. The zero-order valence-corrected chi connectivity index (χ0v) is 11.1. The number of rotatable bonds is 5. The molecule has 7 heteroatoms. The first-order valence-corrected chi connectivity index (χ1v) is 5.82. The Kier molecular flexibility index (Phi) is 5.33. The Balaban J connectivity index is 2.62. The minimum atomic E-state index is -1.37. The van der Waals surface area contributed by atoms with Crippen molar-refractivity contribution in [1.82, 2.24) is 0 Å². The maximum absolute atomic E-state index is 11.8. The lowest BCUT2D eigenvalue weighted by molar-refractivity contribution is -0.151. The second-order valence-electron chi connectivity index (χ2n) is 4.12. The van der Waals surface area contributed by atoms with E-state index in [-0.39, 0.29) is 24.3 Å². The van der Waals surface area contributed by atoms with Crippen molar-refractivity contribution < 1.29 is 34.4 Å². The molecule has 0 saturated carbocycles. The number of hydrogen-bond donors (Lipinski definition) is 3. The molecule has 0 aromatic heterocycles. The number of carbonyl (C=O) groups is 2. The lowest BCUT2D eigenvalue weighted by Gasteiger charge is -2.11. The minimum absolute atomic E-state index is 0.0737. The summed E-state index contributed by atoms with van der Waals surface area (Å²) in [6.45, 7) is 1.31. The summed E-state index contributed by atoms with van der Waals surface area (Å²) in [7, 11) is 1.13. The second-order valence-corrected chi connectivity index (χ2v) is 4.12. The molecule has 1 rings (SSSR count). The van der Waals surface area contributed by atoms with Crippen LogP contribution in [0, 0.1) is 6.92 Å². The molecule has 3 N–H and O–H groups in total. The molecular formula is C13H16O7. The van der Waals surface area contributed by atoms with Gasteiger partial charge in [0.05, 0.1) is 13.7 Å². The fourth-order valence-electron chi connectivity index (χ4n) is 1.60. The number of aryl methyl sites for hydroxylation is 1. The normalized spacial score (nSPS) is 11.8. The molecule has 0 aliphatic rings. The van der Waals surface area contributed by atoms with E-state index >= 15 is 0 Å². The zero-order chi connectivity index (χ0) is 15.3. The summed E-state index contributed by atoms with van der Waals surface area (Å²) in [4.78, 5) is 22.7. The second kappa shape index (κ2) is 6.76. The van der Waals surface area contributed by atoms with Crippen molar-refractivity contribution in [3.8, 4) is 11.5 Å². The fourth-order valence-corrected chi connectivity index (χ4v) is 1.60. The average Bonchev–Trinajstić information content (AvgIpc) is 2.36. The molecular weight excluding hydrogens is 268 g/mol. The molecule has 20 heavy (non-hydrogen) atoms. The van der Waals surface area contributed by atoms with E-state index in [4.69, 9.17) is 4.74 Å². The summed E-state index contributed by atoms with van der Waals surface area (Å²) >= 11 is 0. The highest BCUT2D eigenvalue weighted by Gasteiger charge is 2.19. The van der Waals surface area contributed by atoms with Crippen molar-refractivity contribution in [2.75, 3.05) is 13.7 Å². The number of hydrogen-bond acceptors (Lipinski definition) is 7. The minimum Gasteiger partial charge on any atom is -0.508 e. The number of benzene rings is 1. The highest BCUT2D eigenvalue weighted by molar-refractivity contribution is 5.94. The summed E-state index contributed by atoms with van der Waals surface area (Å²) in [5, 5.41) is 28.1. The standard InChI is InChI=1S/C13H16O7/c1-7-5-8(14)6-10(16)11(7)13(18)20-4-3-9(15)12(17)19-2/h5-6,9,14-16H,3-4H2,1-2H3/t9-/m0/s1. The summed E-state index contributed by atoms with van der Waals surface area (Å²) in [5.41, 5.74) is 0.274. The highest BCUT2D eigenvalue weighted by atomic mass is 16.5. The lowest BCUT2D eigenvalue weighted by Crippen LogP contribution is -2.24. The zero-order valence-electron chi connectivity index (χ0n) is 11.1. The third-order valence-corrected chi connectivity index (χ3v) is 2.60. The van der Waals surface area contributed by atoms with Crippen LogP contribution in [0.15, 0.2) is 12.1 Å². The first-order chi connectivity index (χ1) is 9.36. The largest absolute Gasteiger partial charge is 0.508 e. The quantitative estimate of drug-likeness (QED) is 0.674. The van der Waals surface area contributed by atoms with Crippen LogP contribution in [0.4, 0.5) is 0 Å². The molecule has 0 aliphatic heterocycles. The van der Waals surface area contributed by atoms with Crippen LogP contribution in [0.1, 0.15) is 22.3 Å². The first kappa shape index (κ1) is 15.8. The molecule has 0 radical (unpaired) electrons. The van der Waals surface area contributed by atoms with Crippen LogP contribution in [0.2, 0.25) is 0 Å². The van der Waals surface area contributed by atoms with Crippen LogP contribution in [0.3, 0.4) is 0 Å². The summed E-state index contributed by atoms with van der Waals surface area (Å²) in [5.74, 6) is -2.19. The van der Waals surface area contributed by atoms with Crippen molar-refractivity contribution in [3.63, 3.8) is 0 Å². The third-order valence-electron chi connectivity index (χ3n) is 2.60. The third kappa shape index (κ3) is 3.86. The Morgan fingerprint density at radius 1 is 1.30 bits per heavy atom. The molecule has 7 nitrogen and oxygen atoms in total. The predicted molar refractivity (Wildman–Crippen MR) is 67.4 cm³/mol. The molecule has 0 unspecified atom stereocenters. The van der Waals surface area contributed by atoms with Crippen LogP contribution < -0.4 is 0 Å². The molecule has 0 bridgehead atoms. The number of phenolic OH excluding ortho intramolecular Hbond substituents is 2. The maximum Gasteiger partial charge on any atom is 0.342 e. The van der Waals surface area contributed by atoms with Crippen LogP contribution in [0.5, 0.6) is 11.5 Å². The summed E-state index contributed by atoms with van der Waals surface area (Å²) < 4.78 is 9.15. The monoisotopic (exact) mass is 284 g/mol. The van der Waals surface area contributed by atoms with Crippen LogP contribution in [-0.4, -0.2) is 47.1 Å². The van der Waals surface area contributed by atoms with Gasteiger partial charge in [0, 0.05) is 12.5 Å². The maximum atomic E-state index is 11.8. The Morgan fingerprint density at radius 2 is 1.95 bits per heavy atom. The van der Waals surface area contributed by atoms with Gasteiger partial charge in [-0.3, -0.25) is 0 Å². The molecule has 0 heterocycles. The van der Waals surface area contributed by atoms with Crippen molar-refractivity contribution >= 4 is 11.9 Å². The Bertz CT molecular complexity index is 486. The van der Waals surface area contributed by atoms with E-state index in [2.05, 4.69) is 4.74 Å². The molecule has 0 aliphatic carbocycles. The van der Waals surface area contributed by atoms with Gasteiger partial charge in [-0.05, 0) is 18.6 Å². The number of ether oxygens (including phenoxy) is 2. The number of phenols is 2. The summed E-state index contributed by atoms with van der Waals surface area (Å²) in [6, 6.07) is 2.33. The Morgan fingerprint density at radius 3 is 2.50 bits per heavy atom. The fraction of sp³-hybridized carbons (Fsp3) is 0.385. The number of aliphatic hydroxyl groups is 1. The molecule has 0 fully saturated rings. The van der Waals surface area contributed by atoms with Crippen molar-refractivity contribution in [2.24, 2.45) is 0 Å². The van der Waals surface area contributed by atoms with Gasteiger partial charge in [-0.2, -0.15) is 0 Å². The predicted octanol–water partition coefficient (Wildman–Crippen LogP) is 0.487. The SMILES string of the molecule is COC(=O)[C@@H](O)CCOC(=O)c1c(C)cc(O)cc1O. The van der Waals surface area contributed by atoms with Gasteiger partial charge in [-0.1, -0.05) is 0 Å². The van der Waals surface area contributed by atoms with Crippen molar-refractivity contribution in [3.05, 3.63) is 23.3 Å². The molecule has 0 spiro atoms.